The van der Waals surface area contributed by atoms with Crippen LogP contribution in [0.15, 0.2) is 12.3 Å². The predicted molar refractivity (Wildman–Crippen MR) is 72.6 cm³/mol. The topological polar surface area (TPSA) is 72.7 Å². The van der Waals surface area contributed by atoms with Gasteiger partial charge >= 0.3 is 0 Å². The normalized spacial score (nSPS) is 10.5. The minimum absolute atomic E-state index is 0.00355. The molecule has 2 aromatic heterocycles. The molecule has 2 heterocycles. The van der Waals surface area contributed by atoms with Crippen molar-refractivity contribution in [3.05, 3.63) is 33.8 Å². The zero-order valence-electron chi connectivity index (χ0n) is 10.3. The van der Waals surface area contributed by atoms with Gasteiger partial charge in [-0.15, -0.1) is 10.2 Å². The van der Waals surface area contributed by atoms with Crippen molar-refractivity contribution in [3.63, 3.8) is 0 Å². The lowest BCUT2D eigenvalue weighted by atomic mass is 10.2. The summed E-state index contributed by atoms with van der Waals surface area (Å²) in [5.41, 5.74) is 1.60. The SMILES string of the molecule is CCc1nn(C)cc1NC(=O)c1cc(Cl)nnc1Cl. The molecule has 8 heteroatoms. The quantitative estimate of drug-likeness (QED) is 0.944. The third-order valence-electron chi connectivity index (χ3n) is 2.45. The number of halogens is 2. The molecule has 19 heavy (non-hydrogen) atoms. The highest BCUT2D eigenvalue weighted by atomic mass is 35.5. The number of aromatic nitrogens is 4. The Kier molecular flexibility index (Phi) is 4.01. The molecule has 0 aromatic carbocycles. The molecule has 2 rings (SSSR count). The third kappa shape index (κ3) is 3.02. The van der Waals surface area contributed by atoms with Crippen LogP contribution >= 0.6 is 23.2 Å². The third-order valence-corrected chi connectivity index (χ3v) is 2.92. The van der Waals surface area contributed by atoms with Gasteiger partial charge in [0.15, 0.2) is 10.3 Å². The first-order valence-electron chi connectivity index (χ1n) is 5.54. The van der Waals surface area contributed by atoms with Crippen molar-refractivity contribution in [2.75, 3.05) is 5.32 Å². The first-order chi connectivity index (χ1) is 9.01. The molecule has 0 aliphatic rings. The Morgan fingerprint density at radius 2 is 2.16 bits per heavy atom. The first kappa shape index (κ1) is 13.8. The fraction of sp³-hybridized carbons (Fsp3) is 0.273. The van der Waals surface area contributed by atoms with Gasteiger partial charge in [0.2, 0.25) is 0 Å². The summed E-state index contributed by atoms with van der Waals surface area (Å²) >= 11 is 11.5. The second-order valence-electron chi connectivity index (χ2n) is 3.84. The molecule has 1 amide bonds. The van der Waals surface area contributed by atoms with Crippen molar-refractivity contribution in [1.82, 2.24) is 20.0 Å². The number of carbonyl (C=O) groups is 1. The summed E-state index contributed by atoms with van der Waals surface area (Å²) in [4.78, 5) is 12.1. The van der Waals surface area contributed by atoms with E-state index in [-0.39, 0.29) is 15.9 Å². The van der Waals surface area contributed by atoms with Gasteiger partial charge in [-0.3, -0.25) is 9.48 Å². The minimum Gasteiger partial charge on any atom is -0.319 e. The van der Waals surface area contributed by atoms with Crippen LogP contribution in [0.4, 0.5) is 5.69 Å². The molecule has 0 saturated carbocycles. The Labute approximate surface area is 119 Å². The number of nitrogens with zero attached hydrogens (tertiary/aromatic N) is 4. The van der Waals surface area contributed by atoms with E-state index in [1.54, 1.807) is 17.9 Å². The lowest BCUT2D eigenvalue weighted by Crippen LogP contribution is -2.14. The number of anilines is 1. The summed E-state index contributed by atoms with van der Waals surface area (Å²) in [5.74, 6) is -0.399. The first-order valence-corrected chi connectivity index (χ1v) is 6.29. The van der Waals surface area contributed by atoms with Crippen molar-refractivity contribution in [3.8, 4) is 0 Å². The zero-order valence-corrected chi connectivity index (χ0v) is 11.8. The van der Waals surface area contributed by atoms with Crippen LogP contribution in [0, 0.1) is 0 Å². The molecule has 1 N–H and O–H groups in total. The van der Waals surface area contributed by atoms with E-state index in [1.807, 2.05) is 6.92 Å². The molecule has 0 bridgehead atoms. The average Bonchev–Trinajstić information content (AvgIpc) is 2.72. The van der Waals surface area contributed by atoms with Gasteiger partial charge in [0.05, 0.1) is 16.9 Å². The molecular formula is C11H11Cl2N5O. The van der Waals surface area contributed by atoms with Crippen molar-refractivity contribution in [2.45, 2.75) is 13.3 Å². The van der Waals surface area contributed by atoms with E-state index >= 15 is 0 Å². The molecule has 0 spiro atoms. The van der Waals surface area contributed by atoms with E-state index < -0.39 is 5.91 Å². The molecule has 6 nitrogen and oxygen atoms in total. The van der Waals surface area contributed by atoms with Crippen molar-refractivity contribution < 1.29 is 4.79 Å². The second-order valence-corrected chi connectivity index (χ2v) is 4.59. The maximum absolute atomic E-state index is 12.1. The zero-order chi connectivity index (χ0) is 14.0. The Hall–Kier alpha value is -1.66. The molecule has 0 aliphatic heterocycles. The fourth-order valence-electron chi connectivity index (χ4n) is 1.60. The lowest BCUT2D eigenvalue weighted by Gasteiger charge is -2.05. The standard InChI is InChI=1S/C11H11Cl2N5O/c1-3-7-8(5-18(2)17-7)14-11(19)6-4-9(12)15-16-10(6)13/h4-5H,3H2,1-2H3,(H,14,19). The molecule has 100 valence electrons. The molecule has 2 aromatic rings. The Morgan fingerprint density at radius 1 is 1.42 bits per heavy atom. The van der Waals surface area contributed by atoms with Crippen LogP contribution < -0.4 is 5.32 Å². The van der Waals surface area contributed by atoms with E-state index in [1.165, 1.54) is 6.07 Å². The smallest absolute Gasteiger partial charge is 0.259 e. The van der Waals surface area contributed by atoms with Crippen molar-refractivity contribution in [1.29, 1.82) is 0 Å². The highest BCUT2D eigenvalue weighted by Crippen LogP contribution is 2.19. The molecule has 0 radical (unpaired) electrons. The average molecular weight is 300 g/mol. The van der Waals surface area contributed by atoms with Gasteiger partial charge in [0.1, 0.15) is 0 Å². The maximum atomic E-state index is 12.1. The molecule has 0 fully saturated rings. The molecule has 0 saturated heterocycles. The van der Waals surface area contributed by atoms with Gasteiger partial charge in [-0.2, -0.15) is 5.10 Å². The number of amides is 1. The number of rotatable bonds is 3. The fourth-order valence-corrected chi connectivity index (χ4v) is 1.93. The Morgan fingerprint density at radius 3 is 2.84 bits per heavy atom. The largest absolute Gasteiger partial charge is 0.319 e. The lowest BCUT2D eigenvalue weighted by molar-refractivity contribution is 0.102. The van der Waals surface area contributed by atoms with Crippen LogP contribution in [0.1, 0.15) is 23.0 Å². The van der Waals surface area contributed by atoms with Crippen LogP contribution in [-0.4, -0.2) is 25.9 Å². The van der Waals surface area contributed by atoms with Gasteiger partial charge in [0, 0.05) is 13.2 Å². The number of nitrogens with one attached hydrogen (secondary N) is 1. The van der Waals surface area contributed by atoms with Gasteiger partial charge in [0.25, 0.3) is 5.91 Å². The van der Waals surface area contributed by atoms with Gasteiger partial charge in [-0.05, 0) is 12.5 Å². The van der Waals surface area contributed by atoms with E-state index in [0.717, 1.165) is 5.69 Å². The summed E-state index contributed by atoms with van der Waals surface area (Å²) in [5, 5.41) is 14.2. The Bertz CT molecular complexity index is 626. The summed E-state index contributed by atoms with van der Waals surface area (Å²) < 4.78 is 1.63. The van der Waals surface area contributed by atoms with Crippen LogP contribution in [0.25, 0.3) is 0 Å². The van der Waals surface area contributed by atoms with E-state index in [9.17, 15) is 4.79 Å². The van der Waals surface area contributed by atoms with Crippen LogP contribution in [0.2, 0.25) is 10.3 Å². The molecule has 0 unspecified atom stereocenters. The number of hydrogen-bond donors (Lipinski definition) is 1. The molecule has 0 aliphatic carbocycles. The van der Waals surface area contributed by atoms with E-state index in [4.69, 9.17) is 23.2 Å². The number of carbonyl (C=O) groups excluding carboxylic acids is 1. The number of hydrogen-bond acceptors (Lipinski definition) is 4. The van der Waals surface area contributed by atoms with Crippen LogP contribution in [0.3, 0.4) is 0 Å². The van der Waals surface area contributed by atoms with Crippen LogP contribution in [0.5, 0.6) is 0 Å². The summed E-state index contributed by atoms with van der Waals surface area (Å²) in [7, 11) is 1.78. The highest BCUT2D eigenvalue weighted by molar-refractivity contribution is 6.34. The van der Waals surface area contributed by atoms with Gasteiger partial charge in [-0.1, -0.05) is 30.1 Å². The Balaban J connectivity index is 2.27. The van der Waals surface area contributed by atoms with Crippen LogP contribution in [-0.2, 0) is 13.5 Å². The van der Waals surface area contributed by atoms with Gasteiger partial charge < -0.3 is 5.32 Å². The predicted octanol–water partition coefficient (Wildman–Crippen LogP) is 2.33. The van der Waals surface area contributed by atoms with Gasteiger partial charge in [-0.25, -0.2) is 0 Å². The summed E-state index contributed by atoms with van der Waals surface area (Å²) in [6.45, 7) is 1.95. The second kappa shape index (κ2) is 5.54. The number of aryl methyl sites for hydroxylation is 2. The minimum atomic E-state index is -0.399. The maximum Gasteiger partial charge on any atom is 0.259 e. The molecule has 0 atom stereocenters. The monoisotopic (exact) mass is 299 g/mol. The van der Waals surface area contributed by atoms with E-state index in [0.29, 0.717) is 12.1 Å². The summed E-state index contributed by atoms with van der Waals surface area (Å²) in [6, 6.07) is 1.37. The molecular weight excluding hydrogens is 289 g/mol. The highest BCUT2D eigenvalue weighted by Gasteiger charge is 2.16. The van der Waals surface area contributed by atoms with E-state index in [2.05, 4.69) is 20.6 Å². The summed E-state index contributed by atoms with van der Waals surface area (Å²) in [6.07, 6.45) is 2.43. The van der Waals surface area contributed by atoms with Crippen molar-refractivity contribution >= 4 is 34.8 Å². The van der Waals surface area contributed by atoms with Crippen molar-refractivity contribution in [2.24, 2.45) is 7.05 Å².